The Bertz CT molecular complexity index is 869. The van der Waals surface area contributed by atoms with Crippen LogP contribution in [-0.2, 0) is 11.3 Å². The van der Waals surface area contributed by atoms with Gasteiger partial charge in [0.25, 0.3) is 0 Å². The fourth-order valence-corrected chi connectivity index (χ4v) is 3.27. The van der Waals surface area contributed by atoms with Crippen LogP contribution < -0.4 is 4.90 Å². The van der Waals surface area contributed by atoms with E-state index in [1.807, 2.05) is 41.3 Å². The minimum absolute atomic E-state index is 0.0491. The zero-order chi connectivity index (χ0) is 17.8. The second kappa shape index (κ2) is 7.35. The summed E-state index contributed by atoms with van der Waals surface area (Å²) in [6.07, 6.45) is 0. The molecule has 2 heteroatoms. The molecule has 0 spiro atoms. The van der Waals surface area contributed by atoms with E-state index in [1.165, 1.54) is 5.56 Å². The van der Waals surface area contributed by atoms with Crippen LogP contribution in [0.3, 0.4) is 0 Å². The van der Waals surface area contributed by atoms with Crippen molar-refractivity contribution in [2.75, 3.05) is 4.90 Å². The van der Waals surface area contributed by atoms with Crippen molar-refractivity contribution in [2.24, 2.45) is 0 Å². The van der Waals surface area contributed by atoms with Crippen molar-refractivity contribution < 1.29 is 4.79 Å². The molecule has 126 valence electrons. The van der Waals surface area contributed by atoms with Crippen LogP contribution in [0, 0.1) is 13.8 Å². The summed E-state index contributed by atoms with van der Waals surface area (Å²) >= 11 is 0. The van der Waals surface area contributed by atoms with Gasteiger partial charge in [-0.15, -0.1) is 0 Å². The fraction of sp³-hybridized carbons (Fsp3) is 0.174. The lowest BCUT2D eigenvalue weighted by atomic mass is 9.96. The summed E-state index contributed by atoms with van der Waals surface area (Å²) in [4.78, 5) is 14.4. The molecule has 0 aromatic heterocycles. The van der Waals surface area contributed by atoms with Crippen molar-refractivity contribution in [3.63, 3.8) is 0 Å². The number of benzene rings is 3. The van der Waals surface area contributed by atoms with E-state index in [9.17, 15) is 4.79 Å². The lowest BCUT2D eigenvalue weighted by Crippen LogP contribution is -2.29. The Labute approximate surface area is 149 Å². The van der Waals surface area contributed by atoms with E-state index in [0.29, 0.717) is 6.54 Å². The zero-order valence-electron chi connectivity index (χ0n) is 15.0. The first-order valence-electron chi connectivity index (χ1n) is 8.55. The summed E-state index contributed by atoms with van der Waals surface area (Å²) in [5.74, 6) is 0.0491. The maximum atomic E-state index is 12.5. The van der Waals surface area contributed by atoms with Crippen molar-refractivity contribution in [3.8, 4) is 11.1 Å². The smallest absolute Gasteiger partial charge is 0.224 e. The van der Waals surface area contributed by atoms with Gasteiger partial charge in [-0.25, -0.2) is 0 Å². The minimum atomic E-state index is 0.0491. The highest BCUT2D eigenvalue weighted by atomic mass is 16.2. The molecule has 0 unspecified atom stereocenters. The molecule has 3 rings (SSSR count). The van der Waals surface area contributed by atoms with Gasteiger partial charge in [0, 0.05) is 12.5 Å². The number of nitrogens with zero attached hydrogens (tertiary/aromatic N) is 1. The third-order valence-electron chi connectivity index (χ3n) is 4.36. The maximum Gasteiger partial charge on any atom is 0.224 e. The van der Waals surface area contributed by atoms with Crippen LogP contribution in [0.5, 0.6) is 0 Å². The zero-order valence-corrected chi connectivity index (χ0v) is 15.0. The Morgan fingerprint density at radius 1 is 0.880 bits per heavy atom. The Hall–Kier alpha value is -2.87. The summed E-state index contributed by atoms with van der Waals surface area (Å²) < 4.78 is 0. The third-order valence-corrected chi connectivity index (χ3v) is 4.36. The van der Waals surface area contributed by atoms with Crippen LogP contribution in [-0.4, -0.2) is 5.91 Å². The van der Waals surface area contributed by atoms with Crippen LogP contribution in [0.4, 0.5) is 5.69 Å². The van der Waals surface area contributed by atoms with Crippen molar-refractivity contribution in [2.45, 2.75) is 27.3 Å². The molecule has 0 aliphatic carbocycles. The molecule has 0 bridgehead atoms. The molecular weight excluding hydrogens is 306 g/mol. The molecule has 0 saturated heterocycles. The third kappa shape index (κ3) is 3.80. The van der Waals surface area contributed by atoms with Crippen LogP contribution in [0.25, 0.3) is 11.1 Å². The second-order valence-electron chi connectivity index (χ2n) is 6.43. The summed E-state index contributed by atoms with van der Waals surface area (Å²) in [7, 11) is 0. The first-order valence-corrected chi connectivity index (χ1v) is 8.55. The van der Waals surface area contributed by atoms with E-state index in [4.69, 9.17) is 0 Å². The summed E-state index contributed by atoms with van der Waals surface area (Å²) in [5.41, 5.74) is 6.66. The number of hydrogen-bond donors (Lipinski definition) is 0. The van der Waals surface area contributed by atoms with Gasteiger partial charge in [-0.05, 0) is 36.6 Å². The van der Waals surface area contributed by atoms with E-state index in [2.05, 4.69) is 50.2 Å². The van der Waals surface area contributed by atoms with Gasteiger partial charge in [0.05, 0.1) is 12.2 Å². The van der Waals surface area contributed by atoms with Gasteiger partial charge in [-0.2, -0.15) is 0 Å². The topological polar surface area (TPSA) is 20.3 Å². The maximum absolute atomic E-state index is 12.5. The summed E-state index contributed by atoms with van der Waals surface area (Å²) in [6.45, 7) is 6.38. The lowest BCUT2D eigenvalue weighted by molar-refractivity contribution is -0.116. The van der Waals surface area contributed by atoms with Gasteiger partial charge >= 0.3 is 0 Å². The van der Waals surface area contributed by atoms with Gasteiger partial charge in [0.2, 0.25) is 5.91 Å². The number of carbonyl (C=O) groups excluding carboxylic acids is 1. The molecule has 0 aliphatic rings. The average molecular weight is 329 g/mol. The number of rotatable bonds is 4. The molecule has 25 heavy (non-hydrogen) atoms. The molecule has 0 radical (unpaired) electrons. The SMILES string of the molecule is CC(=O)N(Cc1ccccc1)c1c(C)cc(C)cc1-c1ccccc1. The van der Waals surface area contributed by atoms with Crippen molar-refractivity contribution in [1.29, 1.82) is 0 Å². The number of aryl methyl sites for hydroxylation is 2. The van der Waals surface area contributed by atoms with Crippen molar-refractivity contribution in [1.82, 2.24) is 0 Å². The molecule has 3 aromatic carbocycles. The van der Waals surface area contributed by atoms with Crippen LogP contribution in [0.15, 0.2) is 72.8 Å². The number of amides is 1. The standard InChI is InChI=1S/C23H23NO/c1-17-14-18(2)23(22(15-17)21-12-8-5-9-13-21)24(19(3)25)16-20-10-6-4-7-11-20/h4-15H,16H2,1-3H3. The number of anilines is 1. The highest BCUT2D eigenvalue weighted by molar-refractivity contribution is 5.97. The lowest BCUT2D eigenvalue weighted by Gasteiger charge is -2.27. The van der Waals surface area contributed by atoms with E-state index < -0.39 is 0 Å². The first kappa shape index (κ1) is 17.0. The van der Waals surface area contributed by atoms with Crippen molar-refractivity contribution >= 4 is 11.6 Å². The van der Waals surface area contributed by atoms with Gasteiger partial charge in [0.15, 0.2) is 0 Å². The first-order chi connectivity index (χ1) is 12.1. The average Bonchev–Trinajstić information content (AvgIpc) is 2.61. The molecule has 2 nitrogen and oxygen atoms in total. The minimum Gasteiger partial charge on any atom is -0.307 e. The number of hydrogen-bond acceptors (Lipinski definition) is 1. The molecular formula is C23H23NO. The fourth-order valence-electron chi connectivity index (χ4n) is 3.27. The molecule has 0 aliphatic heterocycles. The van der Waals surface area contributed by atoms with Gasteiger partial charge in [-0.1, -0.05) is 72.3 Å². The van der Waals surface area contributed by atoms with Gasteiger partial charge < -0.3 is 4.90 Å². The predicted octanol–water partition coefficient (Wildman–Crippen LogP) is 5.52. The van der Waals surface area contributed by atoms with Gasteiger partial charge in [-0.3, -0.25) is 4.79 Å². The van der Waals surface area contributed by atoms with E-state index in [0.717, 1.165) is 27.9 Å². The highest BCUT2D eigenvalue weighted by Gasteiger charge is 2.19. The molecule has 0 heterocycles. The van der Waals surface area contributed by atoms with Crippen LogP contribution >= 0.6 is 0 Å². The molecule has 0 atom stereocenters. The Balaban J connectivity index is 2.14. The Morgan fingerprint density at radius 3 is 2.08 bits per heavy atom. The summed E-state index contributed by atoms with van der Waals surface area (Å²) in [5, 5.41) is 0. The normalized spacial score (nSPS) is 10.5. The molecule has 3 aromatic rings. The summed E-state index contributed by atoms with van der Waals surface area (Å²) in [6, 6.07) is 24.7. The monoisotopic (exact) mass is 329 g/mol. The largest absolute Gasteiger partial charge is 0.307 e. The molecule has 0 N–H and O–H groups in total. The van der Waals surface area contributed by atoms with E-state index >= 15 is 0 Å². The quantitative estimate of drug-likeness (QED) is 0.617. The van der Waals surface area contributed by atoms with Gasteiger partial charge in [0.1, 0.15) is 0 Å². The predicted molar refractivity (Wildman–Crippen MR) is 105 cm³/mol. The van der Waals surface area contributed by atoms with E-state index in [-0.39, 0.29) is 5.91 Å². The molecule has 1 amide bonds. The Morgan fingerprint density at radius 2 is 1.48 bits per heavy atom. The molecule has 0 fully saturated rings. The highest BCUT2D eigenvalue weighted by Crippen LogP contribution is 2.36. The van der Waals surface area contributed by atoms with Crippen LogP contribution in [0.2, 0.25) is 0 Å². The number of carbonyl (C=O) groups is 1. The molecule has 0 saturated carbocycles. The van der Waals surface area contributed by atoms with Crippen molar-refractivity contribution in [3.05, 3.63) is 89.5 Å². The second-order valence-corrected chi connectivity index (χ2v) is 6.43. The Kier molecular flexibility index (Phi) is 4.99. The van der Waals surface area contributed by atoms with E-state index in [1.54, 1.807) is 6.92 Å². The van der Waals surface area contributed by atoms with Crippen LogP contribution in [0.1, 0.15) is 23.6 Å².